The van der Waals surface area contributed by atoms with Crippen LogP contribution in [0.1, 0.15) is 17.1 Å². The minimum Gasteiger partial charge on any atom is -0.369 e. The molecule has 1 aliphatic heterocycles. The highest BCUT2D eigenvalue weighted by atomic mass is 32.1. The van der Waals surface area contributed by atoms with Crippen LogP contribution in [0.4, 0.5) is 5.69 Å². The van der Waals surface area contributed by atoms with Crippen molar-refractivity contribution < 1.29 is 0 Å². The fraction of sp³-hybridized carbons (Fsp3) is 0.524. The van der Waals surface area contributed by atoms with Crippen LogP contribution in [-0.2, 0) is 6.42 Å². The third-order valence-electron chi connectivity index (χ3n) is 5.00. The fourth-order valence-corrected chi connectivity index (χ4v) is 4.08. The summed E-state index contributed by atoms with van der Waals surface area (Å²) in [5.74, 6) is 0.876. The molecule has 2 aromatic rings. The third kappa shape index (κ3) is 6.49. The number of aryl methyl sites for hydroxylation is 1. The summed E-state index contributed by atoms with van der Waals surface area (Å²) in [6.45, 7) is 9.45. The normalized spacial score (nSPS) is 15.6. The Morgan fingerprint density at radius 2 is 1.86 bits per heavy atom. The molecular weight excluding hydrogens is 368 g/mol. The van der Waals surface area contributed by atoms with Crippen LogP contribution < -0.4 is 15.5 Å². The lowest BCUT2D eigenvalue weighted by atomic mass is 10.2. The number of anilines is 1. The molecule has 2 N–H and O–H groups in total. The molecule has 6 nitrogen and oxygen atoms in total. The van der Waals surface area contributed by atoms with Crippen molar-refractivity contribution in [2.24, 2.45) is 4.99 Å². The average Bonchev–Trinajstić information content (AvgIpc) is 3.16. The molecule has 0 saturated carbocycles. The van der Waals surface area contributed by atoms with Gasteiger partial charge in [0, 0.05) is 63.8 Å². The van der Waals surface area contributed by atoms with Crippen molar-refractivity contribution in [1.29, 1.82) is 0 Å². The first-order chi connectivity index (χ1) is 13.7. The smallest absolute Gasteiger partial charge is 0.190 e. The highest BCUT2D eigenvalue weighted by Crippen LogP contribution is 2.15. The van der Waals surface area contributed by atoms with Gasteiger partial charge in [0.2, 0.25) is 0 Å². The molecule has 3 rings (SSSR count). The van der Waals surface area contributed by atoms with E-state index in [9.17, 15) is 0 Å². The predicted molar refractivity (Wildman–Crippen MR) is 120 cm³/mol. The number of rotatable bonds is 8. The second-order valence-corrected chi connectivity index (χ2v) is 8.11. The molecule has 1 aliphatic rings. The number of piperazine rings is 1. The molecule has 1 aromatic heterocycles. The van der Waals surface area contributed by atoms with Gasteiger partial charge < -0.3 is 15.5 Å². The van der Waals surface area contributed by atoms with Crippen molar-refractivity contribution >= 4 is 23.0 Å². The van der Waals surface area contributed by atoms with E-state index in [1.165, 1.54) is 5.69 Å². The molecule has 0 bridgehead atoms. The third-order valence-corrected chi connectivity index (χ3v) is 5.82. The lowest BCUT2D eigenvalue weighted by Crippen LogP contribution is -2.47. The second kappa shape index (κ2) is 11.0. The quantitative estimate of drug-likeness (QED) is 0.405. The Morgan fingerprint density at radius 1 is 1.11 bits per heavy atom. The molecule has 0 spiro atoms. The topological polar surface area (TPSA) is 55.8 Å². The predicted octanol–water partition coefficient (Wildman–Crippen LogP) is 2.37. The van der Waals surface area contributed by atoms with Gasteiger partial charge in [0.1, 0.15) is 0 Å². The summed E-state index contributed by atoms with van der Waals surface area (Å²) in [6.07, 6.45) is 2.05. The molecular formula is C21H32N6S. The minimum absolute atomic E-state index is 0.851. The number of para-hydroxylation sites is 1. The Bertz CT molecular complexity index is 722. The number of nitrogens with one attached hydrogen (secondary N) is 2. The van der Waals surface area contributed by atoms with Crippen molar-refractivity contribution in [1.82, 2.24) is 20.5 Å². The number of guanidine groups is 1. The second-order valence-electron chi connectivity index (χ2n) is 7.05. The number of hydrogen-bond acceptors (Lipinski definition) is 5. The Labute approximate surface area is 172 Å². The molecule has 1 aromatic carbocycles. The SMILES string of the molecule is CN=C(NCCCN1CCN(c2ccccc2)CC1)NCCc1csc(C)n1. The van der Waals surface area contributed by atoms with Gasteiger partial charge in [-0.2, -0.15) is 0 Å². The van der Waals surface area contributed by atoms with Crippen molar-refractivity contribution in [2.75, 3.05) is 57.8 Å². The van der Waals surface area contributed by atoms with E-state index in [0.717, 1.165) is 75.3 Å². The van der Waals surface area contributed by atoms with Crippen molar-refractivity contribution in [2.45, 2.75) is 19.8 Å². The number of aliphatic imine (C=N–C) groups is 1. The summed E-state index contributed by atoms with van der Waals surface area (Å²) in [5, 5.41) is 10.0. The highest BCUT2D eigenvalue weighted by Gasteiger charge is 2.16. The monoisotopic (exact) mass is 400 g/mol. The van der Waals surface area contributed by atoms with Crippen LogP contribution in [0.5, 0.6) is 0 Å². The standard InChI is InChI=1S/C21H32N6S/c1-18-25-19(17-28-18)9-11-24-21(22-2)23-10-6-12-26-13-15-27(16-14-26)20-7-4-3-5-8-20/h3-5,7-8,17H,6,9-16H2,1-2H3,(H2,22,23,24). The van der Waals surface area contributed by atoms with Gasteiger partial charge in [-0.25, -0.2) is 4.98 Å². The zero-order valence-corrected chi connectivity index (χ0v) is 17.8. The van der Waals surface area contributed by atoms with E-state index >= 15 is 0 Å². The van der Waals surface area contributed by atoms with Gasteiger partial charge in [0.15, 0.2) is 5.96 Å². The summed E-state index contributed by atoms with van der Waals surface area (Å²) >= 11 is 1.71. The van der Waals surface area contributed by atoms with Gasteiger partial charge in [-0.3, -0.25) is 9.89 Å². The van der Waals surface area contributed by atoms with Crippen LogP contribution in [-0.4, -0.2) is 68.7 Å². The molecule has 1 fully saturated rings. The molecule has 0 amide bonds. The Balaban J connectivity index is 1.26. The van der Waals surface area contributed by atoms with Crippen LogP contribution >= 0.6 is 11.3 Å². The van der Waals surface area contributed by atoms with Gasteiger partial charge in [0.25, 0.3) is 0 Å². The summed E-state index contributed by atoms with van der Waals surface area (Å²) in [5.41, 5.74) is 2.49. The zero-order chi connectivity index (χ0) is 19.6. The van der Waals surface area contributed by atoms with Crippen LogP contribution in [0.2, 0.25) is 0 Å². The first-order valence-corrected chi connectivity index (χ1v) is 11.0. The van der Waals surface area contributed by atoms with Crippen LogP contribution in [0.3, 0.4) is 0 Å². The van der Waals surface area contributed by atoms with E-state index in [4.69, 9.17) is 0 Å². The molecule has 0 unspecified atom stereocenters. The molecule has 1 saturated heterocycles. The minimum atomic E-state index is 0.851. The summed E-state index contributed by atoms with van der Waals surface area (Å²) in [7, 11) is 1.82. The molecule has 0 aliphatic carbocycles. The summed E-state index contributed by atoms with van der Waals surface area (Å²) in [6, 6.07) is 10.7. The van der Waals surface area contributed by atoms with Crippen LogP contribution in [0, 0.1) is 6.92 Å². The van der Waals surface area contributed by atoms with E-state index in [-0.39, 0.29) is 0 Å². The maximum Gasteiger partial charge on any atom is 0.190 e. The number of aromatic nitrogens is 1. The first-order valence-electron chi connectivity index (χ1n) is 10.1. The maximum absolute atomic E-state index is 4.49. The van der Waals surface area contributed by atoms with E-state index in [2.05, 4.69) is 66.1 Å². The van der Waals surface area contributed by atoms with Gasteiger partial charge in [0.05, 0.1) is 10.7 Å². The molecule has 2 heterocycles. The molecule has 7 heteroatoms. The van der Waals surface area contributed by atoms with Gasteiger partial charge >= 0.3 is 0 Å². The number of benzene rings is 1. The first kappa shape index (κ1) is 20.6. The lowest BCUT2D eigenvalue weighted by Gasteiger charge is -2.36. The van der Waals surface area contributed by atoms with Gasteiger partial charge in [-0.1, -0.05) is 18.2 Å². The van der Waals surface area contributed by atoms with Gasteiger partial charge in [-0.05, 0) is 32.0 Å². The van der Waals surface area contributed by atoms with Gasteiger partial charge in [-0.15, -0.1) is 11.3 Å². The molecule has 28 heavy (non-hydrogen) atoms. The van der Waals surface area contributed by atoms with E-state index in [1.54, 1.807) is 11.3 Å². The number of thiazole rings is 1. The van der Waals surface area contributed by atoms with Crippen LogP contribution in [0.25, 0.3) is 0 Å². The summed E-state index contributed by atoms with van der Waals surface area (Å²) < 4.78 is 0. The Kier molecular flexibility index (Phi) is 8.11. The number of hydrogen-bond donors (Lipinski definition) is 2. The van der Waals surface area contributed by atoms with E-state index in [0.29, 0.717) is 0 Å². The molecule has 0 atom stereocenters. The van der Waals surface area contributed by atoms with E-state index < -0.39 is 0 Å². The van der Waals surface area contributed by atoms with Crippen molar-refractivity contribution in [3.05, 3.63) is 46.4 Å². The zero-order valence-electron chi connectivity index (χ0n) is 17.0. The molecule has 152 valence electrons. The average molecular weight is 401 g/mol. The summed E-state index contributed by atoms with van der Waals surface area (Å²) in [4.78, 5) is 13.8. The highest BCUT2D eigenvalue weighted by molar-refractivity contribution is 7.09. The fourth-order valence-electron chi connectivity index (χ4n) is 3.43. The largest absolute Gasteiger partial charge is 0.369 e. The van der Waals surface area contributed by atoms with Crippen molar-refractivity contribution in [3.8, 4) is 0 Å². The van der Waals surface area contributed by atoms with Crippen LogP contribution in [0.15, 0.2) is 40.7 Å². The van der Waals surface area contributed by atoms with E-state index in [1.807, 2.05) is 14.0 Å². The Hall–Kier alpha value is -2.12. The Morgan fingerprint density at radius 3 is 2.54 bits per heavy atom. The molecule has 0 radical (unpaired) electrons. The number of nitrogens with zero attached hydrogens (tertiary/aromatic N) is 4. The lowest BCUT2D eigenvalue weighted by molar-refractivity contribution is 0.255. The maximum atomic E-state index is 4.49. The van der Waals surface area contributed by atoms with Crippen molar-refractivity contribution in [3.63, 3.8) is 0 Å².